The van der Waals surface area contributed by atoms with Crippen LogP contribution in [0.25, 0.3) is 6.08 Å². The number of nitrogens with zero attached hydrogens (tertiary/aromatic N) is 2. The highest BCUT2D eigenvalue weighted by atomic mass is 16.5. The van der Waals surface area contributed by atoms with Crippen molar-refractivity contribution >= 4 is 17.9 Å². The fraction of sp³-hybridized carbons (Fsp3) is 0.250. The van der Waals surface area contributed by atoms with Crippen LogP contribution < -0.4 is 10.1 Å². The van der Waals surface area contributed by atoms with Crippen molar-refractivity contribution in [1.29, 1.82) is 0 Å². The second kappa shape index (κ2) is 9.36. The molecule has 0 radical (unpaired) electrons. The standard InChI is InChI=1S/C20H23N3O3/c1-15(20(25)23(2)14-17-5-4-12-21-13-17)22-19(24)11-8-16-6-9-18(26-3)10-7-16/h4-13,15H,14H2,1-3H3,(H,22,24)/b11-8+. The van der Waals surface area contributed by atoms with Crippen molar-refractivity contribution in [3.8, 4) is 5.75 Å². The fourth-order valence-corrected chi connectivity index (χ4v) is 2.38. The van der Waals surface area contributed by atoms with E-state index in [2.05, 4.69) is 10.3 Å². The van der Waals surface area contributed by atoms with E-state index in [9.17, 15) is 9.59 Å². The number of ether oxygens (including phenoxy) is 1. The molecule has 0 bridgehead atoms. The maximum atomic E-state index is 12.4. The molecule has 2 rings (SSSR count). The first-order valence-corrected chi connectivity index (χ1v) is 8.26. The van der Waals surface area contributed by atoms with E-state index < -0.39 is 6.04 Å². The van der Waals surface area contributed by atoms with Crippen LogP contribution in [-0.4, -0.2) is 41.9 Å². The zero-order chi connectivity index (χ0) is 18.9. The molecule has 1 aromatic heterocycles. The number of carbonyl (C=O) groups is 2. The number of benzene rings is 1. The zero-order valence-electron chi connectivity index (χ0n) is 15.2. The number of likely N-dealkylation sites (N-methyl/N-ethyl adjacent to an activating group) is 1. The lowest BCUT2D eigenvalue weighted by molar-refractivity contribution is -0.134. The van der Waals surface area contributed by atoms with Crippen molar-refractivity contribution < 1.29 is 14.3 Å². The van der Waals surface area contributed by atoms with Crippen LogP contribution in [-0.2, 0) is 16.1 Å². The van der Waals surface area contributed by atoms with Gasteiger partial charge in [0.2, 0.25) is 11.8 Å². The normalized spacial score (nSPS) is 11.8. The Kier molecular flexibility index (Phi) is 6.91. The largest absolute Gasteiger partial charge is 0.497 e. The van der Waals surface area contributed by atoms with Crippen LogP contribution in [0, 0.1) is 0 Å². The predicted molar refractivity (Wildman–Crippen MR) is 100 cm³/mol. The Hall–Kier alpha value is -3.15. The molecule has 0 aliphatic rings. The van der Waals surface area contributed by atoms with Gasteiger partial charge in [-0.15, -0.1) is 0 Å². The zero-order valence-corrected chi connectivity index (χ0v) is 15.2. The molecular formula is C20H23N3O3. The highest BCUT2D eigenvalue weighted by Gasteiger charge is 2.18. The van der Waals surface area contributed by atoms with Gasteiger partial charge in [0.05, 0.1) is 7.11 Å². The van der Waals surface area contributed by atoms with Gasteiger partial charge >= 0.3 is 0 Å². The number of methoxy groups -OCH3 is 1. The second-order valence-corrected chi connectivity index (χ2v) is 5.89. The average molecular weight is 353 g/mol. The van der Waals surface area contributed by atoms with E-state index in [1.807, 2.05) is 36.4 Å². The summed E-state index contributed by atoms with van der Waals surface area (Å²) in [6.45, 7) is 2.11. The van der Waals surface area contributed by atoms with Crippen molar-refractivity contribution in [3.05, 3.63) is 66.0 Å². The van der Waals surface area contributed by atoms with E-state index in [-0.39, 0.29) is 11.8 Å². The van der Waals surface area contributed by atoms with E-state index in [1.165, 1.54) is 6.08 Å². The Labute approximate surface area is 153 Å². The number of hydrogen-bond donors (Lipinski definition) is 1. The van der Waals surface area contributed by atoms with Crippen LogP contribution in [0.3, 0.4) is 0 Å². The second-order valence-electron chi connectivity index (χ2n) is 5.89. The molecule has 6 nitrogen and oxygen atoms in total. The van der Waals surface area contributed by atoms with Crippen LogP contribution in [0.1, 0.15) is 18.1 Å². The summed E-state index contributed by atoms with van der Waals surface area (Å²) in [7, 11) is 3.30. The van der Waals surface area contributed by atoms with Crippen LogP contribution in [0.2, 0.25) is 0 Å². The minimum Gasteiger partial charge on any atom is -0.497 e. The molecule has 2 aromatic rings. The lowest BCUT2D eigenvalue weighted by Gasteiger charge is -2.21. The summed E-state index contributed by atoms with van der Waals surface area (Å²) in [5.41, 5.74) is 1.80. The van der Waals surface area contributed by atoms with E-state index in [1.54, 1.807) is 44.5 Å². The number of pyridine rings is 1. The van der Waals surface area contributed by atoms with Gasteiger partial charge in [-0.3, -0.25) is 14.6 Å². The molecule has 1 heterocycles. The van der Waals surface area contributed by atoms with Gasteiger partial charge in [-0.2, -0.15) is 0 Å². The Morgan fingerprint density at radius 3 is 2.62 bits per heavy atom. The molecule has 1 aromatic carbocycles. The third kappa shape index (κ3) is 5.73. The molecule has 0 aliphatic carbocycles. The first-order chi connectivity index (χ1) is 12.5. The van der Waals surface area contributed by atoms with Gasteiger partial charge in [0, 0.05) is 32.1 Å². The highest BCUT2D eigenvalue weighted by Crippen LogP contribution is 2.12. The summed E-state index contributed by atoms with van der Waals surface area (Å²) in [6.07, 6.45) is 6.49. The van der Waals surface area contributed by atoms with Crippen molar-refractivity contribution in [2.45, 2.75) is 19.5 Å². The van der Waals surface area contributed by atoms with Gasteiger partial charge in [0.15, 0.2) is 0 Å². The molecule has 0 saturated carbocycles. The predicted octanol–water partition coefficient (Wildman–Crippen LogP) is 2.27. The molecule has 0 fully saturated rings. The minimum absolute atomic E-state index is 0.167. The molecule has 2 amide bonds. The lowest BCUT2D eigenvalue weighted by Crippen LogP contribution is -2.44. The number of hydrogen-bond acceptors (Lipinski definition) is 4. The summed E-state index contributed by atoms with van der Waals surface area (Å²) in [6, 6.07) is 10.4. The SMILES string of the molecule is COc1ccc(/C=C/C(=O)NC(C)C(=O)N(C)Cc2cccnc2)cc1. The summed E-state index contributed by atoms with van der Waals surface area (Å²) in [5.74, 6) is 0.263. The van der Waals surface area contributed by atoms with E-state index in [0.29, 0.717) is 6.54 Å². The quantitative estimate of drug-likeness (QED) is 0.775. The van der Waals surface area contributed by atoms with Crippen LogP contribution in [0.15, 0.2) is 54.9 Å². The summed E-state index contributed by atoms with van der Waals surface area (Å²) >= 11 is 0. The molecular weight excluding hydrogens is 330 g/mol. The summed E-state index contributed by atoms with van der Waals surface area (Å²) in [4.78, 5) is 30.0. The van der Waals surface area contributed by atoms with Crippen molar-refractivity contribution in [1.82, 2.24) is 15.2 Å². The Balaban J connectivity index is 1.86. The van der Waals surface area contributed by atoms with E-state index in [0.717, 1.165) is 16.9 Å². The van der Waals surface area contributed by atoms with Crippen molar-refractivity contribution in [2.75, 3.05) is 14.2 Å². The third-order valence-corrected chi connectivity index (χ3v) is 3.79. The number of rotatable bonds is 7. The molecule has 1 unspecified atom stereocenters. The van der Waals surface area contributed by atoms with E-state index >= 15 is 0 Å². The molecule has 136 valence electrons. The third-order valence-electron chi connectivity index (χ3n) is 3.79. The van der Waals surface area contributed by atoms with Gasteiger partial charge in [-0.25, -0.2) is 0 Å². The number of aromatic nitrogens is 1. The Morgan fingerprint density at radius 1 is 1.27 bits per heavy atom. The maximum Gasteiger partial charge on any atom is 0.244 e. The van der Waals surface area contributed by atoms with Crippen molar-refractivity contribution in [3.63, 3.8) is 0 Å². The fourth-order valence-electron chi connectivity index (χ4n) is 2.38. The van der Waals surface area contributed by atoms with Crippen molar-refractivity contribution in [2.24, 2.45) is 0 Å². The number of carbonyl (C=O) groups excluding carboxylic acids is 2. The Morgan fingerprint density at radius 2 is 2.00 bits per heavy atom. The van der Waals surface area contributed by atoms with Gasteiger partial charge in [0.25, 0.3) is 0 Å². The smallest absolute Gasteiger partial charge is 0.244 e. The van der Waals surface area contributed by atoms with Crippen LogP contribution >= 0.6 is 0 Å². The van der Waals surface area contributed by atoms with Crippen LogP contribution in [0.5, 0.6) is 5.75 Å². The van der Waals surface area contributed by atoms with E-state index in [4.69, 9.17) is 4.74 Å². The van der Waals surface area contributed by atoms with Gasteiger partial charge in [0.1, 0.15) is 11.8 Å². The molecule has 1 N–H and O–H groups in total. The van der Waals surface area contributed by atoms with Gasteiger partial charge in [-0.1, -0.05) is 18.2 Å². The number of nitrogens with one attached hydrogen (secondary N) is 1. The minimum atomic E-state index is -0.621. The highest BCUT2D eigenvalue weighted by molar-refractivity contribution is 5.95. The topological polar surface area (TPSA) is 71.5 Å². The molecule has 0 aliphatic heterocycles. The van der Waals surface area contributed by atoms with Gasteiger partial charge in [-0.05, 0) is 42.3 Å². The first kappa shape index (κ1) is 19.2. The molecule has 0 spiro atoms. The average Bonchev–Trinajstić information content (AvgIpc) is 2.66. The molecule has 26 heavy (non-hydrogen) atoms. The van der Waals surface area contributed by atoms with Crippen LogP contribution in [0.4, 0.5) is 0 Å². The first-order valence-electron chi connectivity index (χ1n) is 8.26. The monoisotopic (exact) mass is 353 g/mol. The lowest BCUT2D eigenvalue weighted by atomic mass is 10.2. The summed E-state index contributed by atoms with van der Waals surface area (Å²) in [5, 5.41) is 2.68. The molecule has 6 heteroatoms. The molecule has 0 saturated heterocycles. The Bertz CT molecular complexity index is 758. The summed E-state index contributed by atoms with van der Waals surface area (Å²) < 4.78 is 5.09. The number of amides is 2. The maximum absolute atomic E-state index is 12.4. The molecule has 1 atom stereocenters. The van der Waals surface area contributed by atoms with Gasteiger partial charge < -0.3 is 15.0 Å².